The number of pyridine rings is 1. The molecule has 1 atom stereocenters. The Kier molecular flexibility index (Phi) is 6.42. The zero-order valence-corrected chi connectivity index (χ0v) is 17.2. The molecule has 3 nitrogen and oxygen atoms in total. The van der Waals surface area contributed by atoms with Crippen LogP contribution in [0.25, 0.3) is 0 Å². The minimum Gasteiger partial charge on any atom is -0.390 e. The lowest BCUT2D eigenvalue weighted by Crippen LogP contribution is -2.11. The number of aliphatic hydroxyl groups excluding tert-OH is 1. The molecule has 0 amide bonds. The van der Waals surface area contributed by atoms with Crippen molar-refractivity contribution in [1.82, 2.24) is 4.98 Å². The number of nitrogens with zero attached hydrogens (tertiary/aromatic N) is 1. The van der Waals surface area contributed by atoms with Gasteiger partial charge in [0.1, 0.15) is 0 Å². The Labute approximate surface area is 172 Å². The molecule has 0 saturated heterocycles. The monoisotopic (exact) mass is 443 g/mol. The van der Waals surface area contributed by atoms with Crippen molar-refractivity contribution in [2.75, 3.05) is 0 Å². The molecular weight excluding hydrogens is 426 g/mol. The minimum atomic E-state index is -0.187. The molecule has 0 radical (unpaired) electrons. The number of Topliss-reactive ketones (excluding diaryl/α,β-unsaturated/α-hetero) is 1. The first-order valence-corrected chi connectivity index (χ1v) is 9.75. The van der Waals surface area contributed by atoms with E-state index in [0.717, 1.165) is 21.2 Å². The maximum atomic E-state index is 13.0. The summed E-state index contributed by atoms with van der Waals surface area (Å²) < 4.78 is 0.992. The second kappa shape index (κ2) is 8.79. The molecular formula is C22H19BrClNO2. The summed E-state index contributed by atoms with van der Waals surface area (Å²) in [6.45, 7) is 1.82. The van der Waals surface area contributed by atoms with E-state index in [2.05, 4.69) is 20.9 Å². The van der Waals surface area contributed by atoms with Gasteiger partial charge in [-0.3, -0.25) is 9.78 Å². The van der Waals surface area contributed by atoms with E-state index in [1.54, 1.807) is 18.3 Å². The van der Waals surface area contributed by atoms with Crippen LogP contribution in [0.5, 0.6) is 0 Å². The maximum Gasteiger partial charge on any atom is 0.163 e. The summed E-state index contributed by atoms with van der Waals surface area (Å²) in [7, 11) is 0. The highest BCUT2D eigenvalue weighted by Crippen LogP contribution is 2.33. The first kappa shape index (κ1) is 19.7. The third-order valence-corrected chi connectivity index (χ3v) is 5.33. The van der Waals surface area contributed by atoms with Gasteiger partial charge in [-0.1, -0.05) is 45.7 Å². The minimum absolute atomic E-state index is 0.00867. The number of halogens is 2. The van der Waals surface area contributed by atoms with Crippen LogP contribution in [-0.2, 0) is 6.61 Å². The molecule has 0 saturated carbocycles. The van der Waals surface area contributed by atoms with Gasteiger partial charge in [0.05, 0.1) is 12.3 Å². The molecule has 0 aliphatic carbocycles. The number of aromatic nitrogens is 1. The third-order valence-electron chi connectivity index (χ3n) is 4.57. The number of ketones is 1. The Bertz CT molecular complexity index is 957. The fourth-order valence-electron chi connectivity index (χ4n) is 3.17. The number of hydrogen-bond donors (Lipinski definition) is 1. The Morgan fingerprint density at radius 2 is 1.89 bits per heavy atom. The average molecular weight is 445 g/mol. The molecule has 0 fully saturated rings. The lowest BCUT2D eigenvalue weighted by Gasteiger charge is -2.20. The van der Waals surface area contributed by atoms with Gasteiger partial charge in [0.25, 0.3) is 0 Å². The summed E-state index contributed by atoms with van der Waals surface area (Å²) in [5, 5.41) is 9.96. The molecule has 2 aromatic carbocycles. The lowest BCUT2D eigenvalue weighted by atomic mass is 9.84. The summed E-state index contributed by atoms with van der Waals surface area (Å²) in [5.74, 6) is -0.0806. The molecule has 0 spiro atoms. The number of rotatable bonds is 6. The number of aliphatic hydroxyl groups is 1. The van der Waals surface area contributed by atoms with Crippen molar-refractivity contribution in [3.8, 4) is 0 Å². The average Bonchev–Trinajstić information content (AvgIpc) is 2.67. The Hall–Kier alpha value is -2.01. The van der Waals surface area contributed by atoms with Crippen LogP contribution in [0.4, 0.5) is 0 Å². The largest absolute Gasteiger partial charge is 0.390 e. The number of aryl methyl sites for hydroxylation is 1. The molecule has 3 aromatic rings. The molecule has 0 aliphatic heterocycles. The second-order valence-electron chi connectivity index (χ2n) is 6.43. The number of carbonyl (C=O) groups excluding carboxylic acids is 1. The molecule has 3 rings (SSSR count). The lowest BCUT2D eigenvalue weighted by molar-refractivity contribution is 0.0977. The number of hydrogen-bond acceptors (Lipinski definition) is 3. The highest BCUT2D eigenvalue weighted by atomic mass is 79.9. The molecule has 0 bridgehead atoms. The molecule has 138 valence electrons. The van der Waals surface area contributed by atoms with Gasteiger partial charge in [-0.15, -0.1) is 0 Å². The Balaban J connectivity index is 1.98. The van der Waals surface area contributed by atoms with Gasteiger partial charge in [-0.2, -0.15) is 0 Å². The predicted octanol–water partition coefficient (Wildman–Crippen LogP) is 5.70. The van der Waals surface area contributed by atoms with Crippen molar-refractivity contribution >= 4 is 33.3 Å². The van der Waals surface area contributed by atoms with E-state index in [-0.39, 0.29) is 18.3 Å². The Morgan fingerprint density at radius 1 is 1.15 bits per heavy atom. The molecule has 5 heteroatoms. The highest BCUT2D eigenvalue weighted by molar-refractivity contribution is 9.10. The van der Waals surface area contributed by atoms with Crippen LogP contribution in [0.3, 0.4) is 0 Å². The van der Waals surface area contributed by atoms with Crippen molar-refractivity contribution in [2.45, 2.75) is 25.9 Å². The van der Waals surface area contributed by atoms with E-state index in [4.69, 9.17) is 11.6 Å². The van der Waals surface area contributed by atoms with Gasteiger partial charge < -0.3 is 5.11 Å². The van der Waals surface area contributed by atoms with Gasteiger partial charge in [0.2, 0.25) is 0 Å². The normalized spacial score (nSPS) is 12.0. The van der Waals surface area contributed by atoms with E-state index in [1.165, 1.54) is 0 Å². The van der Waals surface area contributed by atoms with Gasteiger partial charge in [0.15, 0.2) is 5.78 Å². The fourth-order valence-corrected chi connectivity index (χ4v) is 3.66. The summed E-state index contributed by atoms with van der Waals surface area (Å²) in [5.41, 5.74) is 4.24. The SMILES string of the molecule is Cc1cc(Cl)ccc1[C@H](CC(=O)c1ccnc(CO)c1)c1ccc(Br)cc1. The molecule has 0 aliphatic rings. The predicted molar refractivity (Wildman–Crippen MR) is 111 cm³/mol. The zero-order valence-electron chi connectivity index (χ0n) is 14.8. The van der Waals surface area contributed by atoms with Crippen LogP contribution < -0.4 is 0 Å². The summed E-state index contributed by atoms with van der Waals surface area (Å²) in [4.78, 5) is 17.0. The van der Waals surface area contributed by atoms with Gasteiger partial charge in [-0.05, 0) is 60.0 Å². The second-order valence-corrected chi connectivity index (χ2v) is 7.78. The van der Waals surface area contributed by atoms with Crippen LogP contribution in [0.1, 0.15) is 45.1 Å². The topological polar surface area (TPSA) is 50.2 Å². The zero-order chi connectivity index (χ0) is 19.4. The van der Waals surface area contributed by atoms with Gasteiger partial charge in [-0.25, -0.2) is 0 Å². The summed E-state index contributed by atoms with van der Waals surface area (Å²) in [6, 6.07) is 17.1. The Morgan fingerprint density at radius 3 is 2.56 bits per heavy atom. The third kappa shape index (κ3) is 4.83. The van der Waals surface area contributed by atoms with Gasteiger partial charge >= 0.3 is 0 Å². The van der Waals surface area contributed by atoms with Crippen molar-refractivity contribution in [2.24, 2.45) is 0 Å². The molecule has 1 heterocycles. The van der Waals surface area contributed by atoms with Crippen molar-refractivity contribution in [3.05, 3.63) is 98.2 Å². The molecule has 27 heavy (non-hydrogen) atoms. The van der Waals surface area contributed by atoms with Crippen molar-refractivity contribution in [1.29, 1.82) is 0 Å². The molecule has 1 aromatic heterocycles. The number of carbonyl (C=O) groups is 1. The van der Waals surface area contributed by atoms with Crippen LogP contribution >= 0.6 is 27.5 Å². The first-order chi connectivity index (χ1) is 13.0. The summed E-state index contributed by atoms with van der Waals surface area (Å²) in [6.07, 6.45) is 1.87. The van der Waals surface area contributed by atoms with E-state index in [0.29, 0.717) is 22.7 Å². The van der Waals surface area contributed by atoms with Crippen molar-refractivity contribution < 1.29 is 9.90 Å². The smallest absolute Gasteiger partial charge is 0.163 e. The van der Waals surface area contributed by atoms with E-state index in [9.17, 15) is 9.90 Å². The summed E-state index contributed by atoms with van der Waals surface area (Å²) >= 11 is 9.58. The van der Waals surface area contributed by atoms with E-state index in [1.807, 2.05) is 49.4 Å². The highest BCUT2D eigenvalue weighted by Gasteiger charge is 2.21. The van der Waals surface area contributed by atoms with E-state index >= 15 is 0 Å². The van der Waals surface area contributed by atoms with Crippen LogP contribution in [0, 0.1) is 6.92 Å². The fraction of sp³-hybridized carbons (Fsp3) is 0.182. The first-order valence-electron chi connectivity index (χ1n) is 8.58. The quantitative estimate of drug-likeness (QED) is 0.496. The van der Waals surface area contributed by atoms with Crippen molar-refractivity contribution in [3.63, 3.8) is 0 Å². The molecule has 1 N–H and O–H groups in total. The standard InChI is InChI=1S/C22H19BrClNO2/c1-14-10-18(24)6-7-20(14)21(15-2-4-17(23)5-3-15)12-22(27)16-8-9-25-19(11-16)13-26/h2-11,21,26H,12-13H2,1H3/t21-/m1/s1. The molecule has 0 unspecified atom stereocenters. The van der Waals surface area contributed by atoms with Crippen LogP contribution in [0.15, 0.2) is 65.3 Å². The van der Waals surface area contributed by atoms with Gasteiger partial charge in [0, 0.05) is 33.6 Å². The number of benzene rings is 2. The maximum absolute atomic E-state index is 13.0. The van der Waals surface area contributed by atoms with Crippen LogP contribution in [-0.4, -0.2) is 15.9 Å². The van der Waals surface area contributed by atoms with Crippen LogP contribution in [0.2, 0.25) is 5.02 Å². The van der Waals surface area contributed by atoms with E-state index < -0.39 is 0 Å².